The van der Waals surface area contributed by atoms with Gasteiger partial charge >= 0.3 is 0 Å². The van der Waals surface area contributed by atoms with Gasteiger partial charge in [-0.15, -0.1) is 0 Å². The van der Waals surface area contributed by atoms with Crippen molar-refractivity contribution in [3.05, 3.63) is 29.6 Å². The highest BCUT2D eigenvalue weighted by Gasteiger charge is 2.25. The Morgan fingerprint density at radius 1 is 1.40 bits per heavy atom. The van der Waals surface area contributed by atoms with Gasteiger partial charge in [-0.05, 0) is 31.2 Å². The standard InChI is InChI=1S/C15H20F2N2O/c1-2-12(10-6-4-3-5-7-10)19-15(20)11-8-9-18-14(17)13(11)16/h8-10,12H,2-7H2,1H3,(H,19,20). The lowest BCUT2D eigenvalue weighted by atomic mass is 9.83. The molecule has 1 fully saturated rings. The zero-order chi connectivity index (χ0) is 14.5. The second-order valence-electron chi connectivity index (χ2n) is 5.35. The first-order valence-electron chi connectivity index (χ1n) is 7.24. The Bertz CT molecular complexity index is 473. The molecular weight excluding hydrogens is 262 g/mol. The van der Waals surface area contributed by atoms with Gasteiger partial charge < -0.3 is 5.32 Å². The van der Waals surface area contributed by atoms with Crippen LogP contribution in [0.2, 0.25) is 0 Å². The van der Waals surface area contributed by atoms with Crippen molar-refractivity contribution in [3.8, 4) is 0 Å². The summed E-state index contributed by atoms with van der Waals surface area (Å²) in [5, 5.41) is 2.85. The van der Waals surface area contributed by atoms with Crippen LogP contribution in [0.15, 0.2) is 12.3 Å². The fourth-order valence-corrected chi connectivity index (χ4v) is 2.93. The number of aromatic nitrogens is 1. The lowest BCUT2D eigenvalue weighted by molar-refractivity contribution is 0.0905. The van der Waals surface area contributed by atoms with Gasteiger partial charge in [0.15, 0.2) is 5.82 Å². The van der Waals surface area contributed by atoms with Gasteiger partial charge in [0.2, 0.25) is 5.95 Å². The number of halogens is 2. The molecule has 0 radical (unpaired) electrons. The number of pyridine rings is 1. The first-order chi connectivity index (χ1) is 9.63. The fourth-order valence-electron chi connectivity index (χ4n) is 2.93. The topological polar surface area (TPSA) is 42.0 Å². The largest absolute Gasteiger partial charge is 0.349 e. The number of hydrogen-bond acceptors (Lipinski definition) is 2. The predicted octanol–water partition coefficient (Wildman–Crippen LogP) is 3.45. The summed E-state index contributed by atoms with van der Waals surface area (Å²) in [6.07, 6.45) is 7.67. The van der Waals surface area contributed by atoms with Crippen LogP contribution in [-0.2, 0) is 0 Å². The van der Waals surface area contributed by atoms with E-state index in [9.17, 15) is 13.6 Å². The molecule has 3 nitrogen and oxygen atoms in total. The van der Waals surface area contributed by atoms with Gasteiger partial charge in [-0.25, -0.2) is 9.37 Å². The Morgan fingerprint density at radius 2 is 2.10 bits per heavy atom. The van der Waals surface area contributed by atoms with E-state index in [1.165, 1.54) is 25.3 Å². The number of nitrogens with zero attached hydrogens (tertiary/aromatic N) is 1. The Balaban J connectivity index is 2.06. The third kappa shape index (κ3) is 3.32. The van der Waals surface area contributed by atoms with Gasteiger partial charge in [-0.2, -0.15) is 4.39 Å². The van der Waals surface area contributed by atoms with E-state index in [0.29, 0.717) is 5.92 Å². The lowest BCUT2D eigenvalue weighted by Gasteiger charge is -2.30. The number of nitrogens with one attached hydrogen (secondary N) is 1. The van der Waals surface area contributed by atoms with Crippen molar-refractivity contribution in [2.45, 2.75) is 51.5 Å². The summed E-state index contributed by atoms with van der Waals surface area (Å²) in [6, 6.07) is 1.24. The molecule has 1 aromatic heterocycles. The highest BCUT2D eigenvalue weighted by Crippen LogP contribution is 2.28. The Kier molecular flexibility index (Phi) is 5.04. The van der Waals surface area contributed by atoms with Gasteiger partial charge in [-0.3, -0.25) is 4.79 Å². The van der Waals surface area contributed by atoms with Crippen LogP contribution >= 0.6 is 0 Å². The average Bonchev–Trinajstić information content (AvgIpc) is 2.48. The van der Waals surface area contributed by atoms with Crippen LogP contribution in [0.5, 0.6) is 0 Å². The van der Waals surface area contributed by atoms with Gasteiger partial charge in [0, 0.05) is 12.2 Å². The first-order valence-corrected chi connectivity index (χ1v) is 7.24. The molecule has 1 aliphatic carbocycles. The Labute approximate surface area is 117 Å². The van der Waals surface area contributed by atoms with Gasteiger partial charge in [0.1, 0.15) is 0 Å². The van der Waals surface area contributed by atoms with Crippen molar-refractivity contribution in [3.63, 3.8) is 0 Å². The monoisotopic (exact) mass is 282 g/mol. The van der Waals surface area contributed by atoms with Crippen molar-refractivity contribution in [2.75, 3.05) is 0 Å². The summed E-state index contributed by atoms with van der Waals surface area (Å²) >= 11 is 0. The zero-order valence-electron chi connectivity index (χ0n) is 11.7. The van der Waals surface area contributed by atoms with E-state index in [-0.39, 0.29) is 11.6 Å². The van der Waals surface area contributed by atoms with Crippen LogP contribution in [0.4, 0.5) is 8.78 Å². The Hall–Kier alpha value is -1.52. The molecule has 2 rings (SSSR count). The average molecular weight is 282 g/mol. The molecule has 0 saturated heterocycles. The Morgan fingerprint density at radius 3 is 2.75 bits per heavy atom. The highest BCUT2D eigenvalue weighted by molar-refractivity contribution is 5.94. The molecule has 1 saturated carbocycles. The molecular formula is C15H20F2N2O. The lowest BCUT2D eigenvalue weighted by Crippen LogP contribution is -2.41. The number of carbonyl (C=O) groups is 1. The molecule has 5 heteroatoms. The second-order valence-corrected chi connectivity index (χ2v) is 5.35. The highest BCUT2D eigenvalue weighted by atomic mass is 19.2. The molecule has 0 aromatic carbocycles. The minimum atomic E-state index is -1.23. The van der Waals surface area contributed by atoms with Crippen LogP contribution < -0.4 is 5.32 Å². The van der Waals surface area contributed by atoms with Gasteiger partial charge in [-0.1, -0.05) is 26.2 Å². The van der Waals surface area contributed by atoms with Gasteiger partial charge in [0.25, 0.3) is 5.91 Å². The van der Waals surface area contributed by atoms with E-state index in [1.807, 2.05) is 6.92 Å². The summed E-state index contributed by atoms with van der Waals surface area (Å²) in [4.78, 5) is 15.3. The molecule has 0 aliphatic heterocycles. The zero-order valence-corrected chi connectivity index (χ0v) is 11.7. The van der Waals surface area contributed by atoms with E-state index >= 15 is 0 Å². The van der Waals surface area contributed by atoms with E-state index in [4.69, 9.17) is 0 Å². The maximum Gasteiger partial charge on any atom is 0.254 e. The molecule has 1 N–H and O–H groups in total. The minimum absolute atomic E-state index is 0.0263. The van der Waals surface area contributed by atoms with Crippen molar-refractivity contribution >= 4 is 5.91 Å². The van der Waals surface area contributed by atoms with Crippen LogP contribution in [-0.4, -0.2) is 16.9 Å². The van der Waals surface area contributed by atoms with E-state index in [2.05, 4.69) is 10.3 Å². The van der Waals surface area contributed by atoms with Crippen molar-refractivity contribution < 1.29 is 13.6 Å². The number of hydrogen-bond donors (Lipinski definition) is 1. The molecule has 1 heterocycles. The molecule has 20 heavy (non-hydrogen) atoms. The van der Waals surface area contributed by atoms with Gasteiger partial charge in [0.05, 0.1) is 5.56 Å². The van der Waals surface area contributed by atoms with E-state index in [1.54, 1.807) is 0 Å². The minimum Gasteiger partial charge on any atom is -0.349 e. The van der Waals surface area contributed by atoms with Crippen molar-refractivity contribution in [1.29, 1.82) is 0 Å². The molecule has 1 aliphatic rings. The number of rotatable bonds is 4. The first kappa shape index (κ1) is 14.9. The maximum atomic E-state index is 13.6. The van der Waals surface area contributed by atoms with Crippen LogP contribution in [0.3, 0.4) is 0 Å². The smallest absolute Gasteiger partial charge is 0.254 e. The molecule has 1 amide bonds. The normalized spacial score (nSPS) is 17.8. The SMILES string of the molecule is CCC(NC(=O)c1ccnc(F)c1F)C1CCCCC1. The van der Waals surface area contributed by atoms with Crippen molar-refractivity contribution in [1.82, 2.24) is 10.3 Å². The molecule has 1 aromatic rings. The van der Waals surface area contributed by atoms with Crippen LogP contribution in [0.1, 0.15) is 55.8 Å². The summed E-state index contributed by atoms with van der Waals surface area (Å²) < 4.78 is 26.6. The summed E-state index contributed by atoms with van der Waals surface area (Å²) in [5.74, 6) is -2.53. The summed E-state index contributed by atoms with van der Waals surface area (Å²) in [6.45, 7) is 2.00. The summed E-state index contributed by atoms with van der Waals surface area (Å²) in [7, 11) is 0. The molecule has 1 unspecified atom stereocenters. The molecule has 1 atom stereocenters. The van der Waals surface area contributed by atoms with E-state index in [0.717, 1.165) is 25.5 Å². The third-order valence-corrected chi connectivity index (χ3v) is 4.07. The van der Waals surface area contributed by atoms with Crippen LogP contribution in [0, 0.1) is 17.7 Å². The fraction of sp³-hybridized carbons (Fsp3) is 0.600. The van der Waals surface area contributed by atoms with E-state index < -0.39 is 17.7 Å². The molecule has 0 spiro atoms. The molecule has 0 bridgehead atoms. The van der Waals surface area contributed by atoms with Crippen LogP contribution in [0.25, 0.3) is 0 Å². The summed E-state index contributed by atoms with van der Waals surface area (Å²) in [5.41, 5.74) is -0.272. The number of carbonyl (C=O) groups excluding carboxylic acids is 1. The number of amides is 1. The molecule has 110 valence electrons. The third-order valence-electron chi connectivity index (χ3n) is 4.07. The second kappa shape index (κ2) is 6.77. The van der Waals surface area contributed by atoms with Crippen molar-refractivity contribution in [2.24, 2.45) is 5.92 Å². The maximum absolute atomic E-state index is 13.6. The predicted molar refractivity (Wildman–Crippen MR) is 72.3 cm³/mol. The quantitative estimate of drug-likeness (QED) is 0.859.